The summed E-state index contributed by atoms with van der Waals surface area (Å²) in [6, 6.07) is 9.62. The van der Waals surface area contributed by atoms with E-state index in [1.54, 1.807) is 24.3 Å². The van der Waals surface area contributed by atoms with Crippen LogP contribution >= 0.6 is 22.9 Å². The molecule has 9 heteroatoms. The Hall–Kier alpha value is -2.84. The zero-order valence-corrected chi connectivity index (χ0v) is 16.0. The number of nitrogens with one attached hydrogen (secondary N) is 1. The van der Waals surface area contributed by atoms with Gasteiger partial charge in [-0.25, -0.2) is 18.6 Å². The molecule has 0 aliphatic carbocycles. The number of benzene rings is 2. The molecule has 0 spiro atoms. The van der Waals surface area contributed by atoms with Crippen molar-refractivity contribution in [1.29, 1.82) is 0 Å². The number of carbonyl (C=O) groups excluding carboxylic acids is 2. The van der Waals surface area contributed by atoms with E-state index in [1.807, 2.05) is 0 Å². The third-order valence-corrected chi connectivity index (χ3v) is 4.75. The van der Waals surface area contributed by atoms with E-state index in [2.05, 4.69) is 10.3 Å². The SMILES string of the molecule is CC(OC(=O)c1csc(-c2cccc(Cl)c2)n1)C(=O)Nc1cc(F)ccc1F. The molecule has 1 unspecified atom stereocenters. The average molecular weight is 423 g/mol. The smallest absolute Gasteiger partial charge is 0.358 e. The van der Waals surface area contributed by atoms with E-state index >= 15 is 0 Å². The first kappa shape index (κ1) is 19.9. The van der Waals surface area contributed by atoms with E-state index in [9.17, 15) is 18.4 Å². The summed E-state index contributed by atoms with van der Waals surface area (Å²) >= 11 is 7.16. The number of ether oxygens (including phenoxy) is 1. The number of hydrogen-bond donors (Lipinski definition) is 1. The summed E-state index contributed by atoms with van der Waals surface area (Å²) in [4.78, 5) is 28.5. The van der Waals surface area contributed by atoms with Crippen molar-refractivity contribution < 1.29 is 23.1 Å². The highest BCUT2D eigenvalue weighted by atomic mass is 35.5. The highest BCUT2D eigenvalue weighted by Gasteiger charge is 2.22. The minimum absolute atomic E-state index is 0.0246. The van der Waals surface area contributed by atoms with Gasteiger partial charge in [0.25, 0.3) is 5.91 Å². The number of thiazole rings is 1. The van der Waals surface area contributed by atoms with E-state index in [4.69, 9.17) is 16.3 Å². The Bertz CT molecular complexity index is 1040. The summed E-state index contributed by atoms with van der Waals surface area (Å²) in [5, 5.41) is 4.77. The molecule has 0 saturated heterocycles. The summed E-state index contributed by atoms with van der Waals surface area (Å²) in [6.45, 7) is 1.31. The summed E-state index contributed by atoms with van der Waals surface area (Å²) < 4.78 is 31.8. The number of rotatable bonds is 5. The standard InChI is InChI=1S/C19H13ClF2N2O3S/c1-10(17(25)23-15-8-13(21)5-6-14(15)22)27-19(26)16-9-28-18(24-16)11-3-2-4-12(20)7-11/h2-10H,1H3,(H,23,25). The topological polar surface area (TPSA) is 68.3 Å². The third kappa shape index (κ3) is 4.71. The summed E-state index contributed by atoms with van der Waals surface area (Å²) in [7, 11) is 0. The molecule has 0 bridgehead atoms. The van der Waals surface area contributed by atoms with Crippen LogP contribution in [0.4, 0.5) is 14.5 Å². The normalized spacial score (nSPS) is 11.7. The maximum absolute atomic E-state index is 13.6. The molecule has 1 atom stereocenters. The molecule has 1 heterocycles. The molecule has 2 aromatic carbocycles. The van der Waals surface area contributed by atoms with Gasteiger partial charge in [-0.2, -0.15) is 0 Å². The lowest BCUT2D eigenvalue weighted by Crippen LogP contribution is -2.30. The van der Waals surface area contributed by atoms with Crippen LogP contribution in [0, 0.1) is 11.6 Å². The van der Waals surface area contributed by atoms with Crippen LogP contribution in [0.2, 0.25) is 5.02 Å². The Morgan fingerprint density at radius 1 is 1.21 bits per heavy atom. The summed E-state index contributed by atoms with van der Waals surface area (Å²) in [6.07, 6.45) is -1.24. The van der Waals surface area contributed by atoms with Gasteiger partial charge >= 0.3 is 5.97 Å². The van der Waals surface area contributed by atoms with Crippen molar-refractivity contribution in [2.24, 2.45) is 0 Å². The number of anilines is 1. The van der Waals surface area contributed by atoms with Crippen molar-refractivity contribution in [3.63, 3.8) is 0 Å². The van der Waals surface area contributed by atoms with Crippen molar-refractivity contribution in [2.75, 3.05) is 5.32 Å². The van der Waals surface area contributed by atoms with Gasteiger partial charge in [0.15, 0.2) is 11.8 Å². The molecule has 1 amide bonds. The molecule has 0 aliphatic rings. The van der Waals surface area contributed by atoms with Crippen LogP contribution < -0.4 is 5.32 Å². The van der Waals surface area contributed by atoms with Crippen LogP contribution in [-0.2, 0) is 9.53 Å². The van der Waals surface area contributed by atoms with Gasteiger partial charge in [-0.3, -0.25) is 4.79 Å². The molecule has 0 radical (unpaired) electrons. The molecule has 0 fully saturated rings. The zero-order chi connectivity index (χ0) is 20.3. The minimum Gasteiger partial charge on any atom is -0.448 e. The van der Waals surface area contributed by atoms with Gasteiger partial charge in [0.1, 0.15) is 16.6 Å². The Balaban J connectivity index is 1.65. The quantitative estimate of drug-likeness (QED) is 0.592. The average Bonchev–Trinajstić information content (AvgIpc) is 3.15. The van der Waals surface area contributed by atoms with E-state index in [1.165, 1.54) is 23.6 Å². The Morgan fingerprint density at radius 3 is 2.75 bits per heavy atom. The van der Waals surface area contributed by atoms with Gasteiger partial charge in [0.05, 0.1) is 5.69 Å². The number of aromatic nitrogens is 1. The van der Waals surface area contributed by atoms with E-state index < -0.39 is 29.6 Å². The monoisotopic (exact) mass is 422 g/mol. The van der Waals surface area contributed by atoms with Crippen molar-refractivity contribution in [3.8, 4) is 10.6 Å². The molecular weight excluding hydrogens is 410 g/mol. The lowest BCUT2D eigenvalue weighted by Gasteiger charge is -2.13. The van der Waals surface area contributed by atoms with Crippen molar-refractivity contribution in [2.45, 2.75) is 13.0 Å². The van der Waals surface area contributed by atoms with Gasteiger partial charge in [-0.05, 0) is 31.2 Å². The number of esters is 1. The Labute approximate surface area is 167 Å². The molecule has 144 valence electrons. The van der Waals surface area contributed by atoms with Gasteiger partial charge in [-0.1, -0.05) is 23.7 Å². The van der Waals surface area contributed by atoms with Crippen LogP contribution in [0.5, 0.6) is 0 Å². The molecule has 3 rings (SSSR count). The molecule has 1 aromatic heterocycles. The van der Waals surface area contributed by atoms with Crippen LogP contribution in [0.15, 0.2) is 47.8 Å². The largest absolute Gasteiger partial charge is 0.448 e. The van der Waals surface area contributed by atoms with Crippen molar-refractivity contribution in [1.82, 2.24) is 4.98 Å². The van der Waals surface area contributed by atoms with Gasteiger partial charge in [0, 0.05) is 22.0 Å². The zero-order valence-electron chi connectivity index (χ0n) is 14.4. The fourth-order valence-corrected chi connectivity index (χ4v) is 3.20. The van der Waals surface area contributed by atoms with E-state index in [-0.39, 0.29) is 11.4 Å². The lowest BCUT2D eigenvalue weighted by atomic mass is 10.2. The number of halogens is 3. The highest BCUT2D eigenvalue weighted by Crippen LogP contribution is 2.26. The van der Waals surface area contributed by atoms with Gasteiger partial charge < -0.3 is 10.1 Å². The van der Waals surface area contributed by atoms with Crippen LogP contribution in [0.1, 0.15) is 17.4 Å². The molecule has 0 aliphatic heterocycles. The fraction of sp³-hybridized carbons (Fsp3) is 0.105. The summed E-state index contributed by atoms with van der Waals surface area (Å²) in [5.74, 6) is -3.13. The van der Waals surface area contributed by atoms with Gasteiger partial charge in [-0.15, -0.1) is 11.3 Å². The molecule has 5 nitrogen and oxygen atoms in total. The first-order chi connectivity index (χ1) is 13.3. The first-order valence-corrected chi connectivity index (χ1v) is 9.27. The van der Waals surface area contributed by atoms with Crippen LogP contribution in [0.25, 0.3) is 10.6 Å². The van der Waals surface area contributed by atoms with Crippen LogP contribution in [-0.4, -0.2) is 23.0 Å². The maximum Gasteiger partial charge on any atom is 0.358 e. The fourth-order valence-electron chi connectivity index (χ4n) is 2.22. The van der Waals surface area contributed by atoms with Crippen LogP contribution in [0.3, 0.4) is 0 Å². The second-order valence-electron chi connectivity index (χ2n) is 5.71. The molecule has 3 aromatic rings. The van der Waals surface area contributed by atoms with Crippen molar-refractivity contribution in [3.05, 3.63) is 70.2 Å². The number of hydrogen-bond acceptors (Lipinski definition) is 5. The highest BCUT2D eigenvalue weighted by molar-refractivity contribution is 7.13. The van der Waals surface area contributed by atoms with E-state index in [0.29, 0.717) is 10.0 Å². The molecular formula is C19H13ClF2N2O3S. The number of carbonyl (C=O) groups is 2. The summed E-state index contributed by atoms with van der Waals surface area (Å²) in [5.41, 5.74) is 0.422. The van der Waals surface area contributed by atoms with E-state index in [0.717, 1.165) is 23.8 Å². The lowest BCUT2D eigenvalue weighted by molar-refractivity contribution is -0.123. The second-order valence-corrected chi connectivity index (χ2v) is 7.00. The number of amides is 1. The van der Waals surface area contributed by atoms with Crippen molar-refractivity contribution >= 4 is 40.5 Å². The van der Waals surface area contributed by atoms with Gasteiger partial charge in [0.2, 0.25) is 0 Å². The first-order valence-electron chi connectivity index (χ1n) is 8.02. The third-order valence-electron chi connectivity index (χ3n) is 3.62. The molecule has 0 saturated carbocycles. The maximum atomic E-state index is 13.6. The molecule has 1 N–H and O–H groups in total. The predicted molar refractivity (Wildman–Crippen MR) is 102 cm³/mol. The Kier molecular flexibility index (Phi) is 6.01. The Morgan fingerprint density at radius 2 is 2.00 bits per heavy atom. The second kappa shape index (κ2) is 8.45. The predicted octanol–water partition coefficient (Wildman–Crippen LogP) is 4.93. The number of nitrogens with zero attached hydrogens (tertiary/aromatic N) is 1. The molecule has 28 heavy (non-hydrogen) atoms. The minimum atomic E-state index is -1.24.